The first-order valence-corrected chi connectivity index (χ1v) is 12.2. The molecule has 2 heterocycles. The van der Waals surface area contributed by atoms with Crippen LogP contribution < -0.4 is 20.3 Å². The van der Waals surface area contributed by atoms with Crippen LogP contribution in [0.15, 0.2) is 71.3 Å². The fourth-order valence-corrected chi connectivity index (χ4v) is 4.51. The molecule has 1 aliphatic rings. The number of nitrogens with zero attached hydrogens (tertiary/aromatic N) is 1. The van der Waals surface area contributed by atoms with Crippen LogP contribution in [0.2, 0.25) is 0 Å². The van der Waals surface area contributed by atoms with Gasteiger partial charge >= 0.3 is 0 Å². The maximum atomic E-state index is 12.4. The van der Waals surface area contributed by atoms with Crippen molar-refractivity contribution in [2.45, 2.75) is 38.1 Å². The van der Waals surface area contributed by atoms with Crippen LogP contribution in [-0.4, -0.2) is 45.2 Å². The molecule has 1 saturated heterocycles. The molecule has 4 rings (SSSR count). The molecule has 0 radical (unpaired) electrons. The maximum Gasteiger partial charge on any atom is 0.224 e. The van der Waals surface area contributed by atoms with Crippen LogP contribution in [0.25, 0.3) is 0 Å². The maximum absolute atomic E-state index is 12.4. The Morgan fingerprint density at radius 3 is 2.53 bits per heavy atom. The first kappa shape index (κ1) is 23.9. The number of ether oxygens (including phenoxy) is 1. The minimum atomic E-state index is 0.0454. The third-order valence-corrected chi connectivity index (χ3v) is 6.45. The van der Waals surface area contributed by atoms with Gasteiger partial charge < -0.3 is 24.7 Å². The summed E-state index contributed by atoms with van der Waals surface area (Å²) in [5.74, 6) is 1.94. The summed E-state index contributed by atoms with van der Waals surface area (Å²) < 4.78 is 10.8. The monoisotopic (exact) mass is 461 g/mol. The smallest absolute Gasteiger partial charge is 0.224 e. The van der Waals surface area contributed by atoms with Crippen molar-refractivity contribution in [2.24, 2.45) is 0 Å². The molecule has 1 fully saturated rings. The van der Waals surface area contributed by atoms with Crippen LogP contribution in [0, 0.1) is 0 Å². The molecule has 0 unspecified atom stereocenters. The average Bonchev–Trinajstić information content (AvgIpc) is 3.39. The summed E-state index contributed by atoms with van der Waals surface area (Å²) in [6.07, 6.45) is 6.08. The molecule has 1 aromatic heterocycles. The highest BCUT2D eigenvalue weighted by Gasteiger charge is 2.19. The summed E-state index contributed by atoms with van der Waals surface area (Å²) in [4.78, 5) is 14.8. The Bertz CT molecular complexity index is 1010. The molecule has 0 atom stereocenters. The first-order chi connectivity index (χ1) is 16.7. The third kappa shape index (κ3) is 6.87. The summed E-state index contributed by atoms with van der Waals surface area (Å²) in [7, 11) is 1.67. The van der Waals surface area contributed by atoms with Gasteiger partial charge in [0.2, 0.25) is 5.91 Å². The van der Waals surface area contributed by atoms with E-state index in [0.717, 1.165) is 68.0 Å². The van der Waals surface area contributed by atoms with E-state index in [0.29, 0.717) is 19.0 Å². The molecule has 0 bridgehead atoms. The molecule has 2 aromatic carbocycles. The lowest BCUT2D eigenvalue weighted by molar-refractivity contribution is -0.120. The van der Waals surface area contributed by atoms with Gasteiger partial charge in [0.15, 0.2) is 0 Å². The minimum Gasteiger partial charge on any atom is -0.496 e. The Morgan fingerprint density at radius 2 is 1.79 bits per heavy atom. The lowest BCUT2D eigenvalue weighted by Gasteiger charge is -2.34. The second kappa shape index (κ2) is 12.3. The van der Waals surface area contributed by atoms with Crippen molar-refractivity contribution in [3.63, 3.8) is 0 Å². The van der Waals surface area contributed by atoms with Crippen LogP contribution in [-0.2, 0) is 24.1 Å². The number of carbonyl (C=O) groups excluding carboxylic acids is 1. The van der Waals surface area contributed by atoms with Crippen molar-refractivity contribution in [1.29, 1.82) is 0 Å². The summed E-state index contributed by atoms with van der Waals surface area (Å²) in [5.41, 5.74) is 3.37. The van der Waals surface area contributed by atoms with Crippen molar-refractivity contribution in [3.05, 3.63) is 83.8 Å². The number of piperidine rings is 1. The zero-order chi connectivity index (χ0) is 23.6. The Morgan fingerprint density at radius 1 is 1.00 bits per heavy atom. The molecule has 0 saturated carbocycles. The van der Waals surface area contributed by atoms with Crippen LogP contribution in [0.4, 0.5) is 5.69 Å². The van der Waals surface area contributed by atoms with Crippen molar-refractivity contribution >= 4 is 11.6 Å². The number of nitrogens with one attached hydrogen (secondary N) is 2. The van der Waals surface area contributed by atoms with E-state index in [2.05, 4.69) is 39.8 Å². The fourth-order valence-electron chi connectivity index (χ4n) is 4.51. The molecule has 0 aliphatic carbocycles. The van der Waals surface area contributed by atoms with Gasteiger partial charge in [-0.2, -0.15) is 0 Å². The first-order valence-electron chi connectivity index (χ1n) is 12.2. The van der Waals surface area contributed by atoms with Gasteiger partial charge in [0.1, 0.15) is 11.5 Å². The number of amides is 1. The van der Waals surface area contributed by atoms with Gasteiger partial charge in [-0.3, -0.25) is 4.79 Å². The molecule has 1 aliphatic heterocycles. The molecule has 34 heavy (non-hydrogen) atoms. The van der Waals surface area contributed by atoms with Gasteiger partial charge in [-0.1, -0.05) is 30.3 Å². The zero-order valence-electron chi connectivity index (χ0n) is 20.0. The highest BCUT2D eigenvalue weighted by Crippen LogP contribution is 2.21. The second-order valence-electron chi connectivity index (χ2n) is 8.80. The normalized spacial score (nSPS) is 14.2. The van der Waals surface area contributed by atoms with Gasteiger partial charge in [0.05, 0.1) is 19.8 Å². The summed E-state index contributed by atoms with van der Waals surface area (Å²) in [6, 6.07) is 20.9. The number of rotatable bonds is 11. The number of carbonyl (C=O) groups is 1. The molecular formula is C28H35N3O3. The van der Waals surface area contributed by atoms with Gasteiger partial charge in [-0.25, -0.2) is 0 Å². The van der Waals surface area contributed by atoms with E-state index in [9.17, 15) is 4.79 Å². The Hall–Kier alpha value is -3.25. The highest BCUT2D eigenvalue weighted by atomic mass is 16.5. The number of para-hydroxylation sites is 1. The minimum absolute atomic E-state index is 0.0454. The van der Waals surface area contributed by atoms with Crippen molar-refractivity contribution in [2.75, 3.05) is 38.2 Å². The Labute approximate surface area is 202 Å². The third-order valence-electron chi connectivity index (χ3n) is 6.45. The van der Waals surface area contributed by atoms with Crippen LogP contribution in [0.1, 0.15) is 29.7 Å². The average molecular weight is 462 g/mol. The standard InChI is InChI=1S/C28H35N3O3/c1-33-27-7-3-2-5-23(27)12-16-30-28(32)21-22-8-10-25(11-9-22)31-18-14-24(15-19-31)29-17-13-26-6-4-20-34-26/h2-11,20,24,29H,12-19,21H2,1H3,(H,30,32). The number of hydrogen-bond acceptors (Lipinski definition) is 5. The van der Waals surface area contributed by atoms with Gasteiger partial charge in [-0.15, -0.1) is 0 Å². The molecule has 6 heteroatoms. The predicted molar refractivity (Wildman–Crippen MR) is 136 cm³/mol. The lowest BCUT2D eigenvalue weighted by Crippen LogP contribution is -2.43. The predicted octanol–water partition coefficient (Wildman–Crippen LogP) is 3.99. The lowest BCUT2D eigenvalue weighted by atomic mass is 10.0. The second-order valence-corrected chi connectivity index (χ2v) is 8.80. The Balaban J connectivity index is 1.16. The number of furan rings is 1. The van der Waals surface area contributed by atoms with E-state index >= 15 is 0 Å². The molecule has 0 spiro atoms. The van der Waals surface area contributed by atoms with Crippen molar-refractivity contribution in [3.8, 4) is 5.75 Å². The van der Waals surface area contributed by atoms with Crippen molar-refractivity contribution < 1.29 is 13.9 Å². The number of benzene rings is 2. The largest absolute Gasteiger partial charge is 0.496 e. The molecular weight excluding hydrogens is 426 g/mol. The fraction of sp³-hybridized carbons (Fsp3) is 0.393. The van der Waals surface area contributed by atoms with Gasteiger partial charge in [0.25, 0.3) is 0 Å². The molecule has 6 nitrogen and oxygen atoms in total. The zero-order valence-corrected chi connectivity index (χ0v) is 20.0. The van der Waals surface area contributed by atoms with Crippen LogP contribution >= 0.6 is 0 Å². The topological polar surface area (TPSA) is 66.7 Å². The highest BCUT2D eigenvalue weighted by molar-refractivity contribution is 5.78. The summed E-state index contributed by atoms with van der Waals surface area (Å²) in [6.45, 7) is 3.64. The van der Waals surface area contributed by atoms with Gasteiger partial charge in [-0.05, 0) is 60.7 Å². The van der Waals surface area contributed by atoms with E-state index in [-0.39, 0.29) is 5.91 Å². The number of methoxy groups -OCH3 is 1. The van der Waals surface area contributed by atoms with Crippen LogP contribution in [0.5, 0.6) is 5.75 Å². The van der Waals surface area contributed by atoms with E-state index in [1.165, 1.54) is 5.69 Å². The summed E-state index contributed by atoms with van der Waals surface area (Å²) in [5, 5.41) is 6.68. The van der Waals surface area contributed by atoms with E-state index < -0.39 is 0 Å². The Kier molecular flexibility index (Phi) is 8.63. The molecule has 3 aromatic rings. The summed E-state index contributed by atoms with van der Waals surface area (Å²) >= 11 is 0. The molecule has 180 valence electrons. The number of anilines is 1. The van der Waals surface area contributed by atoms with E-state index in [1.807, 2.05) is 36.4 Å². The number of hydrogen-bond donors (Lipinski definition) is 2. The quantitative estimate of drug-likeness (QED) is 0.452. The van der Waals surface area contributed by atoms with E-state index in [1.54, 1.807) is 13.4 Å². The van der Waals surface area contributed by atoms with Crippen molar-refractivity contribution in [1.82, 2.24) is 10.6 Å². The van der Waals surface area contributed by atoms with Crippen LogP contribution in [0.3, 0.4) is 0 Å². The SMILES string of the molecule is COc1ccccc1CCNC(=O)Cc1ccc(N2CCC(NCCc3ccco3)CC2)cc1. The van der Waals surface area contributed by atoms with Gasteiger partial charge in [0, 0.05) is 44.3 Å². The molecule has 1 amide bonds. The molecule has 2 N–H and O–H groups in total. The van der Waals surface area contributed by atoms with E-state index in [4.69, 9.17) is 9.15 Å².